The molecule has 0 spiro atoms. The summed E-state index contributed by atoms with van der Waals surface area (Å²) in [6, 6.07) is 22.4. The largest absolute Gasteiger partial charge is 0.384 e. The van der Waals surface area contributed by atoms with E-state index in [0.29, 0.717) is 11.5 Å². The van der Waals surface area contributed by atoms with E-state index >= 15 is 0 Å². The smallest absolute Gasteiger partial charge is 0.182 e. The van der Waals surface area contributed by atoms with Crippen LogP contribution in [0.15, 0.2) is 66.7 Å². The quantitative estimate of drug-likeness (QED) is 0.312. The Kier molecular flexibility index (Phi) is 7.70. The second-order valence-corrected chi connectivity index (χ2v) is 8.63. The molecule has 0 radical (unpaired) electrons. The van der Waals surface area contributed by atoms with Crippen LogP contribution in [0.2, 0.25) is 0 Å². The average molecular weight is 455 g/mol. The highest BCUT2D eigenvalue weighted by atomic mass is 15.1. The standard InChI is InChI=1S/C28H34N6/c1-4-34(5-2)18-12-13-20(3)30-23-19-24(29)31-28-27(23)32-25(21-14-8-6-9-15-21)26(33-28)22-16-10-7-11-17-22/h6-11,14-17,19-20H,4-5,12-13,18H2,1-3H3,(H3,29,30,31,33). The zero-order valence-electron chi connectivity index (χ0n) is 20.3. The van der Waals surface area contributed by atoms with Gasteiger partial charge in [0.05, 0.1) is 17.1 Å². The maximum absolute atomic E-state index is 6.19. The van der Waals surface area contributed by atoms with Crippen LogP contribution in [0, 0.1) is 0 Å². The van der Waals surface area contributed by atoms with Crippen molar-refractivity contribution in [1.82, 2.24) is 19.9 Å². The molecule has 1 unspecified atom stereocenters. The SMILES string of the molecule is CCN(CC)CCCC(C)Nc1cc(N)nc2nc(-c3ccccc3)c(-c3ccccc3)nc12. The summed E-state index contributed by atoms with van der Waals surface area (Å²) in [6.45, 7) is 9.91. The number of nitrogens with two attached hydrogens (primary N) is 1. The van der Waals surface area contributed by atoms with Gasteiger partial charge in [0.1, 0.15) is 11.3 Å². The minimum absolute atomic E-state index is 0.274. The molecule has 2 heterocycles. The van der Waals surface area contributed by atoms with E-state index in [1.54, 1.807) is 0 Å². The summed E-state index contributed by atoms with van der Waals surface area (Å²) in [4.78, 5) is 17.0. The number of aromatic nitrogens is 3. The Labute approximate surface area is 202 Å². The molecule has 1 atom stereocenters. The lowest BCUT2D eigenvalue weighted by molar-refractivity contribution is 0.295. The van der Waals surface area contributed by atoms with Gasteiger partial charge in [-0.15, -0.1) is 0 Å². The number of hydrogen-bond donors (Lipinski definition) is 2. The summed E-state index contributed by atoms with van der Waals surface area (Å²) in [5, 5.41) is 3.63. The lowest BCUT2D eigenvalue weighted by Gasteiger charge is -2.21. The maximum Gasteiger partial charge on any atom is 0.182 e. The monoisotopic (exact) mass is 454 g/mol. The Bertz CT molecular complexity index is 1210. The summed E-state index contributed by atoms with van der Waals surface area (Å²) >= 11 is 0. The van der Waals surface area contributed by atoms with Crippen molar-refractivity contribution in [2.24, 2.45) is 0 Å². The number of fused-ring (bicyclic) bond motifs is 1. The van der Waals surface area contributed by atoms with Crippen LogP contribution in [0.4, 0.5) is 11.5 Å². The molecule has 0 aliphatic heterocycles. The predicted molar refractivity (Wildman–Crippen MR) is 143 cm³/mol. The third kappa shape index (κ3) is 5.51. The highest BCUT2D eigenvalue weighted by molar-refractivity contribution is 5.92. The fraction of sp³-hybridized carbons (Fsp3) is 0.321. The molecule has 4 rings (SSSR count). The molecule has 0 saturated heterocycles. The lowest BCUT2D eigenvalue weighted by atomic mass is 10.0. The molecular weight excluding hydrogens is 420 g/mol. The third-order valence-electron chi connectivity index (χ3n) is 6.16. The second-order valence-electron chi connectivity index (χ2n) is 8.63. The van der Waals surface area contributed by atoms with Crippen molar-refractivity contribution in [3.8, 4) is 22.5 Å². The van der Waals surface area contributed by atoms with E-state index in [1.165, 1.54) is 0 Å². The first-order chi connectivity index (χ1) is 16.6. The number of nitrogens with zero attached hydrogens (tertiary/aromatic N) is 4. The molecule has 0 bridgehead atoms. The number of rotatable bonds is 10. The zero-order valence-corrected chi connectivity index (χ0v) is 20.3. The van der Waals surface area contributed by atoms with E-state index in [2.05, 4.69) is 48.1 Å². The van der Waals surface area contributed by atoms with Crippen molar-refractivity contribution in [2.45, 2.75) is 39.7 Å². The van der Waals surface area contributed by atoms with Gasteiger partial charge in [-0.25, -0.2) is 15.0 Å². The number of anilines is 2. The predicted octanol–water partition coefficient (Wildman–Crippen LogP) is 5.86. The van der Waals surface area contributed by atoms with Crippen LogP contribution in [0.5, 0.6) is 0 Å². The van der Waals surface area contributed by atoms with Crippen molar-refractivity contribution in [3.05, 3.63) is 66.7 Å². The summed E-state index contributed by atoms with van der Waals surface area (Å²) in [5.74, 6) is 0.436. The zero-order chi connectivity index (χ0) is 23.9. The van der Waals surface area contributed by atoms with E-state index in [1.807, 2.05) is 54.6 Å². The fourth-order valence-corrected chi connectivity index (χ4v) is 4.26. The Balaban J connectivity index is 1.71. The van der Waals surface area contributed by atoms with E-state index in [-0.39, 0.29) is 6.04 Å². The van der Waals surface area contributed by atoms with Crippen LogP contribution in [0.3, 0.4) is 0 Å². The molecule has 0 saturated carbocycles. The fourth-order valence-electron chi connectivity index (χ4n) is 4.26. The van der Waals surface area contributed by atoms with Crippen LogP contribution >= 0.6 is 0 Å². The molecule has 6 nitrogen and oxygen atoms in total. The van der Waals surface area contributed by atoms with E-state index in [4.69, 9.17) is 15.7 Å². The molecule has 0 amide bonds. The van der Waals surface area contributed by atoms with Gasteiger partial charge in [0.15, 0.2) is 5.65 Å². The maximum atomic E-state index is 6.19. The van der Waals surface area contributed by atoms with Crippen molar-refractivity contribution in [3.63, 3.8) is 0 Å². The first kappa shape index (κ1) is 23.6. The van der Waals surface area contributed by atoms with Gasteiger partial charge in [0.2, 0.25) is 0 Å². The number of hydrogen-bond acceptors (Lipinski definition) is 6. The second kappa shape index (κ2) is 11.1. The van der Waals surface area contributed by atoms with Crippen molar-refractivity contribution in [1.29, 1.82) is 0 Å². The molecule has 176 valence electrons. The topological polar surface area (TPSA) is 80.0 Å². The Morgan fingerprint density at radius 1 is 0.853 bits per heavy atom. The van der Waals surface area contributed by atoms with Gasteiger partial charge in [0.25, 0.3) is 0 Å². The van der Waals surface area contributed by atoms with Crippen LogP contribution in [0.25, 0.3) is 33.7 Å². The molecular formula is C28H34N6. The molecule has 6 heteroatoms. The number of nitrogens with one attached hydrogen (secondary N) is 1. The minimum Gasteiger partial charge on any atom is -0.384 e. The molecule has 2 aromatic heterocycles. The molecule has 0 aliphatic carbocycles. The van der Waals surface area contributed by atoms with E-state index < -0.39 is 0 Å². The number of benzene rings is 2. The Hall–Kier alpha value is -3.51. The summed E-state index contributed by atoms with van der Waals surface area (Å²) in [5.41, 5.74) is 12.0. The van der Waals surface area contributed by atoms with E-state index in [0.717, 1.165) is 66.2 Å². The van der Waals surface area contributed by atoms with Gasteiger partial charge in [-0.3, -0.25) is 0 Å². The molecule has 4 aromatic rings. The molecule has 2 aromatic carbocycles. The van der Waals surface area contributed by atoms with Crippen molar-refractivity contribution in [2.75, 3.05) is 30.7 Å². The third-order valence-corrected chi connectivity index (χ3v) is 6.16. The van der Waals surface area contributed by atoms with Gasteiger partial charge < -0.3 is 16.0 Å². The molecule has 34 heavy (non-hydrogen) atoms. The van der Waals surface area contributed by atoms with Crippen LogP contribution in [0.1, 0.15) is 33.6 Å². The van der Waals surface area contributed by atoms with Crippen LogP contribution in [-0.2, 0) is 0 Å². The first-order valence-corrected chi connectivity index (χ1v) is 12.2. The Morgan fingerprint density at radius 2 is 1.44 bits per heavy atom. The van der Waals surface area contributed by atoms with Gasteiger partial charge in [0, 0.05) is 23.2 Å². The van der Waals surface area contributed by atoms with Crippen LogP contribution < -0.4 is 11.1 Å². The normalized spacial score (nSPS) is 12.2. The minimum atomic E-state index is 0.274. The van der Waals surface area contributed by atoms with Crippen LogP contribution in [-0.4, -0.2) is 45.5 Å². The number of pyridine rings is 1. The first-order valence-electron chi connectivity index (χ1n) is 12.2. The lowest BCUT2D eigenvalue weighted by Crippen LogP contribution is -2.25. The van der Waals surface area contributed by atoms with Gasteiger partial charge >= 0.3 is 0 Å². The summed E-state index contributed by atoms with van der Waals surface area (Å²) in [6.07, 6.45) is 2.19. The highest BCUT2D eigenvalue weighted by Gasteiger charge is 2.17. The number of nitrogen functional groups attached to an aromatic ring is 1. The molecule has 3 N–H and O–H groups in total. The van der Waals surface area contributed by atoms with Gasteiger partial charge in [-0.1, -0.05) is 74.5 Å². The van der Waals surface area contributed by atoms with Crippen molar-refractivity contribution < 1.29 is 0 Å². The average Bonchev–Trinajstić information content (AvgIpc) is 2.87. The Morgan fingerprint density at radius 3 is 2.03 bits per heavy atom. The van der Waals surface area contributed by atoms with E-state index in [9.17, 15) is 0 Å². The highest BCUT2D eigenvalue weighted by Crippen LogP contribution is 2.33. The van der Waals surface area contributed by atoms with Gasteiger partial charge in [-0.2, -0.15) is 0 Å². The molecule has 0 fully saturated rings. The molecule has 0 aliphatic rings. The van der Waals surface area contributed by atoms with Crippen molar-refractivity contribution >= 4 is 22.7 Å². The summed E-state index contributed by atoms with van der Waals surface area (Å²) < 4.78 is 0. The van der Waals surface area contributed by atoms with Gasteiger partial charge in [-0.05, 0) is 39.4 Å². The summed E-state index contributed by atoms with van der Waals surface area (Å²) in [7, 11) is 0.